The number of amides is 3. The van der Waals surface area contributed by atoms with Gasteiger partial charge in [0.2, 0.25) is 11.8 Å². The van der Waals surface area contributed by atoms with Gasteiger partial charge in [0.1, 0.15) is 11.7 Å². The highest BCUT2D eigenvalue weighted by atomic mass is 35.5. The van der Waals surface area contributed by atoms with Gasteiger partial charge in [-0.25, -0.2) is 4.79 Å². The highest BCUT2D eigenvalue weighted by Crippen LogP contribution is 2.19. The fraction of sp³-hybridized carbons (Fsp3) is 0.475. The maximum absolute atomic E-state index is 12.6. The van der Waals surface area contributed by atoms with Crippen molar-refractivity contribution in [2.75, 3.05) is 83.4 Å². The highest BCUT2D eigenvalue weighted by molar-refractivity contribution is 6.31. The van der Waals surface area contributed by atoms with Crippen molar-refractivity contribution < 1.29 is 29.0 Å². The Morgan fingerprint density at radius 1 is 0.551 bits per heavy atom. The monoisotopic (exact) mass is 1110 g/mol. The van der Waals surface area contributed by atoms with E-state index in [1.807, 2.05) is 60.9 Å². The van der Waals surface area contributed by atoms with Crippen molar-refractivity contribution in [1.29, 1.82) is 5.26 Å². The Morgan fingerprint density at radius 3 is 1.27 bits per heavy atom. The predicted octanol–water partition coefficient (Wildman–Crippen LogP) is 9.19. The van der Waals surface area contributed by atoms with Gasteiger partial charge in [-0.3, -0.25) is 14.4 Å². The number of nitrogens with zero attached hydrogens (tertiary/aromatic N) is 9. The zero-order valence-electron chi connectivity index (χ0n) is 46.8. The Labute approximate surface area is 471 Å². The number of halogens is 2. The number of nitrogens with one attached hydrogen (secondary N) is 2. The van der Waals surface area contributed by atoms with Crippen LogP contribution in [0.5, 0.6) is 0 Å². The molecule has 3 aromatic carbocycles. The van der Waals surface area contributed by atoms with Crippen molar-refractivity contribution in [2.24, 2.45) is 0 Å². The number of nitriles is 1. The molecule has 0 aliphatic carbocycles. The zero-order valence-corrected chi connectivity index (χ0v) is 48.4. The minimum Gasteiger partial charge on any atom is -0.481 e. The molecule has 0 spiro atoms. The maximum atomic E-state index is 12.6. The molecule has 3 amide bonds. The van der Waals surface area contributed by atoms with Crippen LogP contribution in [0.25, 0.3) is 0 Å². The molecule has 3 saturated heterocycles. The number of ether oxygens (including phenoxy) is 1. The second kappa shape index (κ2) is 32.9. The van der Waals surface area contributed by atoms with Gasteiger partial charge in [-0.1, -0.05) is 138 Å². The molecule has 5 aromatic rings. The molecular weight excluding hydrogens is 1030 g/mol. The van der Waals surface area contributed by atoms with E-state index >= 15 is 0 Å². The Balaban J connectivity index is 0.000000222. The number of benzene rings is 3. The number of anilines is 1. The summed E-state index contributed by atoms with van der Waals surface area (Å²) in [5.41, 5.74) is 6.81. The lowest BCUT2D eigenvalue weighted by Gasteiger charge is -2.35. The number of aromatic nitrogens is 4. The van der Waals surface area contributed by atoms with Gasteiger partial charge in [-0.2, -0.15) is 5.26 Å². The summed E-state index contributed by atoms with van der Waals surface area (Å²) in [5, 5.41) is 39.4. The van der Waals surface area contributed by atoms with E-state index in [4.69, 9.17) is 38.3 Å². The minimum atomic E-state index is -0.780. The third kappa shape index (κ3) is 23.9. The summed E-state index contributed by atoms with van der Waals surface area (Å²) < 4.78 is 5.24. The Bertz CT molecular complexity index is 2600. The standard InChI is InChI=1S/C20H23N5O.C15H22N2O.C11H14O2.C9H18N2O2.C4H2Cl2N2/c1-15(2)17-5-3-16(4-6-17)13-20(26)25-11-9-24(10-12-25)19-8-7-18(14-21)22-23-19;1-12(2)14-5-3-13(4-6-14)11-15(18)17-9-7-16-8-10-17;1-8(2)10-5-3-9(4-6-10)7-11(12)13;1-9(2,3)13-8(12)11-6-4-10-5-7-11;5-3-1-2-4(6)8-7-3/h3-8,15H,9-13H2,1-2H3;3-6,12,16H,7-11H2,1-2H3;3-6,8H,7H2,1-2H3,(H,12,13);10H,4-7H2,1-3H3;1-2H. The second-order valence-corrected chi connectivity index (χ2v) is 21.7. The van der Waals surface area contributed by atoms with Crippen LogP contribution in [0, 0.1) is 11.3 Å². The van der Waals surface area contributed by atoms with Gasteiger partial charge in [-0.05, 0) is 96.2 Å². The van der Waals surface area contributed by atoms with Gasteiger partial charge in [-0.15, -0.1) is 20.4 Å². The van der Waals surface area contributed by atoms with Crippen LogP contribution in [-0.2, 0) is 38.4 Å². The van der Waals surface area contributed by atoms with E-state index < -0.39 is 5.97 Å². The summed E-state index contributed by atoms with van der Waals surface area (Å²) >= 11 is 10.8. The third-order valence-corrected chi connectivity index (χ3v) is 13.0. The van der Waals surface area contributed by atoms with Crippen LogP contribution in [0.3, 0.4) is 0 Å². The molecule has 3 N–H and O–H groups in total. The van der Waals surface area contributed by atoms with Crippen molar-refractivity contribution >= 4 is 52.9 Å². The molecule has 2 aromatic heterocycles. The number of rotatable bonds is 10. The Hall–Kier alpha value is -6.71. The average Bonchev–Trinajstić information content (AvgIpc) is 3.43. The normalized spacial score (nSPS) is 14.3. The van der Waals surface area contributed by atoms with Gasteiger partial charge in [0, 0.05) is 78.5 Å². The van der Waals surface area contributed by atoms with Crippen molar-refractivity contribution in [3.05, 3.63) is 146 Å². The zero-order chi connectivity index (χ0) is 57.2. The summed E-state index contributed by atoms with van der Waals surface area (Å²) in [4.78, 5) is 54.2. The summed E-state index contributed by atoms with van der Waals surface area (Å²) in [6, 6.07) is 33.1. The van der Waals surface area contributed by atoms with Crippen LogP contribution in [0.2, 0.25) is 10.3 Å². The summed E-state index contributed by atoms with van der Waals surface area (Å²) in [6.07, 6.45) is 0.875. The first kappa shape index (κ1) is 63.8. The highest BCUT2D eigenvalue weighted by Gasteiger charge is 2.24. The fourth-order valence-electron chi connectivity index (χ4n) is 7.93. The van der Waals surface area contributed by atoms with E-state index in [2.05, 4.69) is 126 Å². The first-order valence-corrected chi connectivity index (χ1v) is 27.4. The lowest BCUT2D eigenvalue weighted by Crippen LogP contribution is -2.49. The molecule has 0 bridgehead atoms. The number of piperazine rings is 3. The predicted molar refractivity (Wildman–Crippen MR) is 308 cm³/mol. The van der Waals surface area contributed by atoms with E-state index in [9.17, 15) is 19.2 Å². The van der Waals surface area contributed by atoms with Crippen molar-refractivity contribution in [1.82, 2.24) is 45.7 Å². The third-order valence-electron chi connectivity index (χ3n) is 12.6. The van der Waals surface area contributed by atoms with E-state index in [1.54, 1.807) is 29.2 Å². The molecule has 17 nitrogen and oxygen atoms in total. The quantitative estimate of drug-likeness (QED) is 0.119. The molecule has 0 radical (unpaired) electrons. The largest absolute Gasteiger partial charge is 0.481 e. The second-order valence-electron chi connectivity index (χ2n) is 20.9. The number of hydrogen-bond donors (Lipinski definition) is 3. The van der Waals surface area contributed by atoms with E-state index in [-0.39, 0.29) is 29.9 Å². The van der Waals surface area contributed by atoms with Crippen LogP contribution in [0.15, 0.2) is 97.1 Å². The number of hydrogen-bond acceptors (Lipinski definition) is 13. The average molecular weight is 1110 g/mol. The van der Waals surface area contributed by atoms with Crippen LogP contribution >= 0.6 is 23.2 Å². The lowest BCUT2D eigenvalue weighted by molar-refractivity contribution is -0.136. The number of carboxylic acids is 1. The van der Waals surface area contributed by atoms with Gasteiger partial charge >= 0.3 is 12.1 Å². The number of carbonyl (C=O) groups excluding carboxylic acids is 3. The molecule has 3 aliphatic heterocycles. The first-order valence-electron chi connectivity index (χ1n) is 26.7. The molecule has 0 unspecified atom stereocenters. The van der Waals surface area contributed by atoms with Gasteiger partial charge in [0.15, 0.2) is 21.8 Å². The fourth-order valence-corrected chi connectivity index (χ4v) is 8.14. The minimum absolute atomic E-state index is 0.109. The van der Waals surface area contributed by atoms with Crippen molar-refractivity contribution in [2.45, 2.75) is 105 Å². The van der Waals surface area contributed by atoms with Crippen LogP contribution in [0.1, 0.15) is 119 Å². The molecule has 0 atom stereocenters. The van der Waals surface area contributed by atoms with Crippen LogP contribution in [0.4, 0.5) is 10.6 Å². The summed E-state index contributed by atoms with van der Waals surface area (Å²) in [6.45, 7) is 28.1. The molecule has 3 aliphatic rings. The van der Waals surface area contributed by atoms with Gasteiger partial charge < -0.3 is 40.1 Å². The van der Waals surface area contributed by atoms with Crippen molar-refractivity contribution in [3.8, 4) is 6.07 Å². The summed E-state index contributed by atoms with van der Waals surface area (Å²) in [5.74, 6) is 1.92. The lowest BCUT2D eigenvalue weighted by atomic mass is 10.0. The number of carbonyl (C=O) groups is 4. The van der Waals surface area contributed by atoms with Crippen LogP contribution < -0.4 is 15.5 Å². The molecule has 420 valence electrons. The first-order chi connectivity index (χ1) is 37.1. The van der Waals surface area contributed by atoms with Gasteiger partial charge in [0.25, 0.3) is 0 Å². The molecule has 78 heavy (non-hydrogen) atoms. The molecule has 3 fully saturated rings. The SMILES string of the molecule is CC(C)(C)OC(=O)N1CCNCC1.CC(C)c1ccc(CC(=O)N2CCN(c3ccc(C#N)nn3)CC2)cc1.CC(C)c1ccc(CC(=O)N2CCNCC2)cc1.CC(C)c1ccc(CC(=O)O)cc1.Clc1ccc(Cl)nn1. The molecule has 8 rings (SSSR count). The number of aliphatic carboxylic acids is 1. The van der Waals surface area contributed by atoms with E-state index in [0.717, 1.165) is 88.0 Å². The van der Waals surface area contributed by atoms with Crippen LogP contribution in [-0.4, -0.2) is 148 Å². The molecule has 19 heteroatoms. The topological polar surface area (TPSA) is 210 Å². The van der Waals surface area contributed by atoms with E-state index in [1.165, 1.54) is 16.7 Å². The molecule has 0 saturated carbocycles. The Kier molecular flexibility index (Phi) is 26.9. The number of carboxylic acid groups (broad SMARTS) is 1. The van der Waals surface area contributed by atoms with Crippen molar-refractivity contribution in [3.63, 3.8) is 0 Å². The smallest absolute Gasteiger partial charge is 0.410 e. The maximum Gasteiger partial charge on any atom is 0.410 e. The molecule has 5 heterocycles. The Morgan fingerprint density at radius 2 is 0.936 bits per heavy atom. The summed E-state index contributed by atoms with van der Waals surface area (Å²) in [7, 11) is 0. The van der Waals surface area contributed by atoms with Gasteiger partial charge in [0.05, 0.1) is 19.3 Å². The molecular formula is C59H79Cl2N11O6. The van der Waals surface area contributed by atoms with E-state index in [0.29, 0.717) is 59.7 Å².